The third-order valence-corrected chi connectivity index (χ3v) is 5.63. The van der Waals surface area contributed by atoms with Crippen molar-refractivity contribution in [3.8, 4) is 16.9 Å². The minimum atomic E-state index is -1.36. The van der Waals surface area contributed by atoms with Crippen LogP contribution in [-0.4, -0.2) is 54.4 Å². The predicted octanol–water partition coefficient (Wildman–Crippen LogP) is 4.75. The summed E-state index contributed by atoms with van der Waals surface area (Å²) >= 11 is 0. The first-order valence-electron chi connectivity index (χ1n) is 10.7. The SMILES string of the molecule is COc1ccc(CN(C(=O)O)C(Cc2cccc(-c3cccc(F)c3)c2F)C(=O)N(C)OC)cc1. The molecule has 0 aliphatic rings. The Kier molecular flexibility index (Phi) is 8.38. The van der Waals surface area contributed by atoms with Gasteiger partial charge in [0.15, 0.2) is 0 Å². The molecule has 0 aromatic heterocycles. The number of carbonyl (C=O) groups is 2. The number of likely N-dealkylation sites (N-methyl/N-ethyl adjacent to an activating group) is 1. The summed E-state index contributed by atoms with van der Waals surface area (Å²) in [6.07, 6.45) is -1.62. The van der Waals surface area contributed by atoms with Crippen molar-refractivity contribution in [2.75, 3.05) is 21.3 Å². The highest BCUT2D eigenvalue weighted by molar-refractivity contribution is 5.85. The topological polar surface area (TPSA) is 79.3 Å². The minimum absolute atomic E-state index is 0.107. The van der Waals surface area contributed by atoms with Gasteiger partial charge >= 0.3 is 6.09 Å². The van der Waals surface area contributed by atoms with Crippen molar-refractivity contribution in [1.82, 2.24) is 9.96 Å². The fourth-order valence-electron chi connectivity index (χ4n) is 3.69. The first kappa shape index (κ1) is 25.6. The molecule has 7 nitrogen and oxygen atoms in total. The predicted molar refractivity (Wildman–Crippen MR) is 126 cm³/mol. The van der Waals surface area contributed by atoms with Crippen LogP contribution in [0.2, 0.25) is 0 Å². The van der Waals surface area contributed by atoms with Gasteiger partial charge in [0.05, 0.1) is 14.2 Å². The summed E-state index contributed by atoms with van der Waals surface area (Å²) in [7, 11) is 4.14. The smallest absolute Gasteiger partial charge is 0.408 e. The van der Waals surface area contributed by atoms with E-state index in [2.05, 4.69) is 0 Å². The van der Waals surface area contributed by atoms with Gasteiger partial charge in [-0.3, -0.25) is 14.5 Å². The van der Waals surface area contributed by atoms with Gasteiger partial charge in [-0.05, 0) is 41.0 Å². The number of carbonyl (C=O) groups excluding carboxylic acids is 1. The van der Waals surface area contributed by atoms with Crippen molar-refractivity contribution in [3.63, 3.8) is 0 Å². The second-order valence-electron chi connectivity index (χ2n) is 7.79. The number of hydrogen-bond donors (Lipinski definition) is 1. The third kappa shape index (κ3) is 6.13. The summed E-state index contributed by atoms with van der Waals surface area (Å²) in [6.45, 7) is -0.126. The van der Waals surface area contributed by atoms with E-state index in [-0.39, 0.29) is 24.1 Å². The fraction of sp³-hybridized carbons (Fsp3) is 0.231. The second-order valence-corrected chi connectivity index (χ2v) is 7.79. The highest BCUT2D eigenvalue weighted by atomic mass is 19.1. The Labute approximate surface area is 202 Å². The maximum Gasteiger partial charge on any atom is 0.408 e. The molecule has 184 valence electrons. The lowest BCUT2D eigenvalue weighted by atomic mass is 9.97. The van der Waals surface area contributed by atoms with Gasteiger partial charge in [0.2, 0.25) is 0 Å². The zero-order chi connectivity index (χ0) is 25.5. The number of methoxy groups -OCH3 is 1. The molecule has 1 unspecified atom stereocenters. The molecule has 0 spiro atoms. The molecule has 1 atom stereocenters. The van der Waals surface area contributed by atoms with Crippen LogP contribution in [0.25, 0.3) is 11.1 Å². The average Bonchev–Trinajstić information content (AvgIpc) is 2.86. The zero-order valence-electron chi connectivity index (χ0n) is 19.6. The Morgan fingerprint density at radius 2 is 1.69 bits per heavy atom. The normalized spacial score (nSPS) is 11.6. The van der Waals surface area contributed by atoms with Crippen LogP contribution in [0.5, 0.6) is 5.75 Å². The number of amides is 2. The molecule has 1 N–H and O–H groups in total. The lowest BCUT2D eigenvalue weighted by molar-refractivity contribution is -0.174. The van der Waals surface area contributed by atoms with E-state index in [0.717, 1.165) is 9.96 Å². The largest absolute Gasteiger partial charge is 0.497 e. The number of ether oxygens (including phenoxy) is 1. The van der Waals surface area contributed by atoms with E-state index in [0.29, 0.717) is 16.9 Å². The number of carboxylic acid groups (broad SMARTS) is 1. The minimum Gasteiger partial charge on any atom is -0.497 e. The van der Waals surface area contributed by atoms with Crippen molar-refractivity contribution in [1.29, 1.82) is 0 Å². The highest BCUT2D eigenvalue weighted by Crippen LogP contribution is 2.27. The van der Waals surface area contributed by atoms with Crippen LogP contribution < -0.4 is 4.74 Å². The first-order chi connectivity index (χ1) is 16.7. The molecule has 9 heteroatoms. The standard InChI is InChI=1S/C26H26F2N2O5/c1-29(35-3)25(31)23(30(26(32)33)16-17-10-12-21(34-2)13-11-17)15-19-7-5-9-22(24(19)28)18-6-4-8-20(27)14-18/h4-14,23H,15-16H2,1-3H3,(H,32,33). The Hall–Kier alpha value is -3.98. The van der Waals surface area contributed by atoms with Gasteiger partial charge in [-0.15, -0.1) is 0 Å². The van der Waals surface area contributed by atoms with E-state index < -0.39 is 29.7 Å². The number of halogens is 2. The van der Waals surface area contributed by atoms with Crippen LogP contribution in [-0.2, 0) is 22.6 Å². The van der Waals surface area contributed by atoms with Crippen molar-refractivity contribution < 1.29 is 33.1 Å². The maximum absolute atomic E-state index is 15.5. The van der Waals surface area contributed by atoms with Gasteiger partial charge in [-0.2, -0.15) is 0 Å². The van der Waals surface area contributed by atoms with Gasteiger partial charge in [-0.25, -0.2) is 18.6 Å². The molecule has 3 aromatic carbocycles. The quantitative estimate of drug-likeness (QED) is 0.444. The van der Waals surface area contributed by atoms with E-state index >= 15 is 4.39 Å². The number of rotatable bonds is 9. The summed E-state index contributed by atoms with van der Waals surface area (Å²) in [5, 5.41) is 10.9. The van der Waals surface area contributed by atoms with Crippen molar-refractivity contribution in [3.05, 3.63) is 89.5 Å². The number of nitrogens with zero attached hydrogens (tertiary/aromatic N) is 2. The lowest BCUT2D eigenvalue weighted by Crippen LogP contribution is -2.50. The van der Waals surface area contributed by atoms with Crippen molar-refractivity contribution >= 4 is 12.0 Å². The second kappa shape index (κ2) is 11.4. The molecule has 0 aliphatic heterocycles. The summed E-state index contributed by atoms with van der Waals surface area (Å²) in [5.74, 6) is -1.25. The van der Waals surface area contributed by atoms with Crippen LogP contribution in [0.1, 0.15) is 11.1 Å². The number of hydrogen-bond acceptors (Lipinski definition) is 4. The Bertz CT molecular complexity index is 1190. The van der Waals surface area contributed by atoms with Gasteiger partial charge in [0.25, 0.3) is 5.91 Å². The van der Waals surface area contributed by atoms with E-state index in [1.807, 2.05) is 0 Å². The van der Waals surface area contributed by atoms with Crippen LogP contribution in [0.3, 0.4) is 0 Å². The fourth-order valence-corrected chi connectivity index (χ4v) is 3.69. The summed E-state index contributed by atoms with van der Waals surface area (Å²) in [5.41, 5.74) is 1.19. The summed E-state index contributed by atoms with van der Waals surface area (Å²) < 4.78 is 34.4. The molecule has 35 heavy (non-hydrogen) atoms. The summed E-state index contributed by atoms with van der Waals surface area (Å²) in [4.78, 5) is 31.3. The molecule has 0 saturated carbocycles. The van der Waals surface area contributed by atoms with Gasteiger partial charge in [0.1, 0.15) is 23.4 Å². The van der Waals surface area contributed by atoms with Crippen LogP contribution in [0.4, 0.5) is 13.6 Å². The van der Waals surface area contributed by atoms with E-state index in [1.165, 1.54) is 51.6 Å². The Morgan fingerprint density at radius 1 is 1.00 bits per heavy atom. The van der Waals surface area contributed by atoms with E-state index in [9.17, 15) is 19.1 Å². The molecule has 0 fully saturated rings. The first-order valence-corrected chi connectivity index (χ1v) is 10.7. The third-order valence-electron chi connectivity index (χ3n) is 5.63. The molecule has 0 saturated heterocycles. The van der Waals surface area contributed by atoms with Gasteiger partial charge < -0.3 is 9.84 Å². The molecule has 0 radical (unpaired) electrons. The number of hydroxylamine groups is 2. The van der Waals surface area contributed by atoms with Crippen LogP contribution in [0, 0.1) is 11.6 Å². The van der Waals surface area contributed by atoms with Gasteiger partial charge in [0, 0.05) is 25.6 Å². The highest BCUT2D eigenvalue weighted by Gasteiger charge is 2.33. The molecule has 0 heterocycles. The molecule has 0 bridgehead atoms. The maximum atomic E-state index is 15.5. The monoisotopic (exact) mass is 484 g/mol. The molecular weight excluding hydrogens is 458 g/mol. The van der Waals surface area contributed by atoms with Crippen molar-refractivity contribution in [2.24, 2.45) is 0 Å². The average molecular weight is 484 g/mol. The molecule has 0 aliphatic carbocycles. The van der Waals surface area contributed by atoms with Gasteiger partial charge in [-0.1, -0.05) is 42.5 Å². The number of benzene rings is 3. The molecule has 3 aromatic rings. The lowest BCUT2D eigenvalue weighted by Gasteiger charge is -2.31. The zero-order valence-corrected chi connectivity index (χ0v) is 19.6. The molecular formula is C26H26F2N2O5. The Balaban J connectivity index is 1.99. The van der Waals surface area contributed by atoms with Crippen LogP contribution >= 0.6 is 0 Å². The van der Waals surface area contributed by atoms with E-state index in [4.69, 9.17) is 9.57 Å². The van der Waals surface area contributed by atoms with Crippen LogP contribution in [0.15, 0.2) is 66.7 Å². The van der Waals surface area contributed by atoms with E-state index in [1.54, 1.807) is 36.4 Å². The van der Waals surface area contributed by atoms with Crippen molar-refractivity contribution in [2.45, 2.75) is 19.0 Å². The summed E-state index contributed by atoms with van der Waals surface area (Å²) in [6, 6.07) is 15.5. The Morgan fingerprint density at radius 3 is 2.29 bits per heavy atom. The molecule has 2 amide bonds. The molecule has 3 rings (SSSR count).